The molecule has 0 N–H and O–H groups in total. The summed E-state index contributed by atoms with van der Waals surface area (Å²) in [4.78, 5) is 21.3. The second kappa shape index (κ2) is 5.63. The van der Waals surface area contributed by atoms with E-state index in [0.717, 1.165) is 5.56 Å². The third-order valence-electron chi connectivity index (χ3n) is 2.20. The molecule has 0 unspecified atom stereocenters. The molecule has 0 aliphatic carbocycles. The van der Waals surface area contributed by atoms with E-state index >= 15 is 0 Å². The van der Waals surface area contributed by atoms with Gasteiger partial charge < -0.3 is 4.74 Å². The molecule has 0 aliphatic rings. The highest BCUT2D eigenvalue weighted by atomic mass is 35.5. The Labute approximate surface area is 103 Å². The van der Waals surface area contributed by atoms with Crippen LogP contribution >= 0.6 is 11.6 Å². The Morgan fingerprint density at radius 1 is 1.59 bits per heavy atom. The molecule has 0 aromatic heterocycles. The minimum absolute atomic E-state index is 0.0569. The summed E-state index contributed by atoms with van der Waals surface area (Å²) in [5, 5.41) is 10.2. The molecule has 92 valence electrons. The minimum Gasteiger partial charge on any atom is -0.474 e. The van der Waals surface area contributed by atoms with Gasteiger partial charge in [0.05, 0.1) is 4.92 Å². The number of carbonyl (C=O) groups excluding carboxylic acids is 1. The van der Waals surface area contributed by atoms with Crippen LogP contribution in [0, 0.1) is 17.0 Å². The molecule has 0 saturated carbocycles. The fraction of sp³-hybridized carbons (Fsp3) is 0.364. The summed E-state index contributed by atoms with van der Waals surface area (Å²) in [7, 11) is 0. The first kappa shape index (κ1) is 13.4. The lowest BCUT2D eigenvalue weighted by Crippen LogP contribution is -2.22. The summed E-state index contributed by atoms with van der Waals surface area (Å²) >= 11 is 5.32. The van der Waals surface area contributed by atoms with Crippen molar-refractivity contribution < 1.29 is 14.5 Å². The zero-order valence-corrected chi connectivity index (χ0v) is 10.2. The van der Waals surface area contributed by atoms with Crippen LogP contribution in [0.25, 0.3) is 0 Å². The zero-order valence-electron chi connectivity index (χ0n) is 9.47. The molecule has 0 spiro atoms. The highest BCUT2D eigenvalue weighted by Crippen LogP contribution is 2.29. The Morgan fingerprint density at radius 3 is 2.71 bits per heavy atom. The third-order valence-corrected chi connectivity index (χ3v) is 2.45. The first-order valence-electron chi connectivity index (χ1n) is 5.06. The van der Waals surface area contributed by atoms with Crippen LogP contribution in [0.4, 0.5) is 5.69 Å². The van der Waals surface area contributed by atoms with Crippen molar-refractivity contribution in [3.8, 4) is 5.75 Å². The highest BCUT2D eigenvalue weighted by Gasteiger charge is 2.21. The van der Waals surface area contributed by atoms with E-state index in [9.17, 15) is 14.9 Å². The van der Waals surface area contributed by atoms with Crippen molar-refractivity contribution in [2.45, 2.75) is 26.4 Å². The van der Waals surface area contributed by atoms with Crippen LogP contribution in [-0.2, 0) is 4.79 Å². The molecule has 0 amide bonds. The van der Waals surface area contributed by atoms with Crippen molar-refractivity contribution in [3.05, 3.63) is 33.9 Å². The SMILES string of the molecule is CC[C@H](Oc1ccc(C)cc1[N+](=O)[O-])C(=O)Cl. The molecule has 5 nitrogen and oxygen atoms in total. The first-order valence-corrected chi connectivity index (χ1v) is 5.44. The fourth-order valence-corrected chi connectivity index (χ4v) is 1.51. The number of hydrogen-bond acceptors (Lipinski definition) is 4. The Balaban J connectivity index is 3.05. The molecule has 0 fully saturated rings. The number of nitro groups is 1. The van der Waals surface area contributed by atoms with Gasteiger partial charge in [-0.25, -0.2) is 0 Å². The monoisotopic (exact) mass is 257 g/mol. The second-order valence-electron chi connectivity index (χ2n) is 3.55. The molecule has 0 heterocycles. The summed E-state index contributed by atoms with van der Waals surface area (Å²) in [5.74, 6) is 0.0569. The lowest BCUT2D eigenvalue weighted by molar-refractivity contribution is -0.386. The molecule has 17 heavy (non-hydrogen) atoms. The van der Waals surface area contributed by atoms with E-state index in [4.69, 9.17) is 16.3 Å². The van der Waals surface area contributed by atoms with Crippen molar-refractivity contribution >= 4 is 22.5 Å². The maximum atomic E-state index is 11.0. The van der Waals surface area contributed by atoms with Crippen LogP contribution in [0.1, 0.15) is 18.9 Å². The number of aryl methyl sites for hydroxylation is 1. The van der Waals surface area contributed by atoms with Crippen LogP contribution in [0.5, 0.6) is 5.75 Å². The number of ether oxygens (including phenoxy) is 1. The number of nitrogens with zero attached hydrogens (tertiary/aromatic N) is 1. The summed E-state index contributed by atoms with van der Waals surface area (Å²) in [6.45, 7) is 3.45. The number of carbonyl (C=O) groups is 1. The van der Waals surface area contributed by atoms with Crippen molar-refractivity contribution in [2.24, 2.45) is 0 Å². The molecule has 1 aromatic rings. The fourth-order valence-electron chi connectivity index (χ4n) is 1.31. The van der Waals surface area contributed by atoms with Gasteiger partial charge in [0.2, 0.25) is 0 Å². The number of halogens is 1. The molecule has 0 aliphatic heterocycles. The molecule has 0 saturated heterocycles. The standard InChI is InChI=1S/C11H12ClNO4/c1-3-9(11(12)14)17-10-5-4-7(2)6-8(10)13(15)16/h4-6,9H,3H2,1-2H3/t9-/m0/s1. The lowest BCUT2D eigenvalue weighted by Gasteiger charge is -2.13. The van der Waals surface area contributed by atoms with Gasteiger partial charge in [0.15, 0.2) is 11.9 Å². The van der Waals surface area contributed by atoms with Gasteiger partial charge in [-0.1, -0.05) is 13.0 Å². The Hall–Kier alpha value is -1.62. The maximum absolute atomic E-state index is 11.0. The normalized spacial score (nSPS) is 11.9. The van der Waals surface area contributed by atoms with Gasteiger partial charge in [-0.3, -0.25) is 14.9 Å². The molecule has 0 radical (unpaired) electrons. The molecular formula is C11H12ClNO4. The summed E-state index contributed by atoms with van der Waals surface area (Å²) in [5.41, 5.74) is 0.579. The van der Waals surface area contributed by atoms with Crippen molar-refractivity contribution in [2.75, 3.05) is 0 Å². The van der Waals surface area contributed by atoms with E-state index in [1.54, 1.807) is 19.9 Å². The first-order chi connectivity index (χ1) is 7.95. The van der Waals surface area contributed by atoms with Crippen LogP contribution in [0.15, 0.2) is 18.2 Å². The summed E-state index contributed by atoms with van der Waals surface area (Å²) in [6, 6.07) is 4.53. The van der Waals surface area contributed by atoms with Crippen LogP contribution in [0.2, 0.25) is 0 Å². The van der Waals surface area contributed by atoms with Gasteiger partial charge in [0, 0.05) is 6.07 Å². The van der Waals surface area contributed by atoms with Crippen molar-refractivity contribution in [1.82, 2.24) is 0 Å². The minimum atomic E-state index is -0.863. The Morgan fingerprint density at radius 2 is 2.24 bits per heavy atom. The largest absolute Gasteiger partial charge is 0.474 e. The zero-order chi connectivity index (χ0) is 13.0. The highest BCUT2D eigenvalue weighted by molar-refractivity contribution is 6.64. The van der Waals surface area contributed by atoms with Crippen molar-refractivity contribution in [1.29, 1.82) is 0 Å². The average Bonchev–Trinajstić information content (AvgIpc) is 2.26. The summed E-state index contributed by atoms with van der Waals surface area (Å²) < 4.78 is 5.25. The van der Waals surface area contributed by atoms with Gasteiger partial charge >= 0.3 is 5.69 Å². The second-order valence-corrected chi connectivity index (χ2v) is 3.92. The number of nitro benzene ring substituents is 1. The molecule has 0 bridgehead atoms. The third kappa shape index (κ3) is 3.42. The predicted molar refractivity (Wildman–Crippen MR) is 63.4 cm³/mol. The number of benzene rings is 1. The number of hydrogen-bond donors (Lipinski definition) is 0. The quantitative estimate of drug-likeness (QED) is 0.462. The van der Waals surface area contributed by atoms with Gasteiger partial charge in [0.25, 0.3) is 5.24 Å². The Kier molecular flexibility index (Phi) is 4.45. The molecule has 6 heteroatoms. The number of rotatable bonds is 5. The maximum Gasteiger partial charge on any atom is 0.311 e. The topological polar surface area (TPSA) is 69.4 Å². The average molecular weight is 258 g/mol. The van der Waals surface area contributed by atoms with E-state index in [1.165, 1.54) is 12.1 Å². The van der Waals surface area contributed by atoms with Crippen molar-refractivity contribution in [3.63, 3.8) is 0 Å². The lowest BCUT2D eigenvalue weighted by atomic mass is 10.2. The summed E-state index contributed by atoms with van der Waals surface area (Å²) in [6.07, 6.45) is -0.508. The van der Waals surface area contributed by atoms with Crippen LogP contribution in [-0.4, -0.2) is 16.3 Å². The predicted octanol–water partition coefficient (Wildman–Crippen LogP) is 2.83. The van der Waals surface area contributed by atoms with Gasteiger partial charge in [-0.05, 0) is 36.6 Å². The smallest absolute Gasteiger partial charge is 0.311 e. The van der Waals surface area contributed by atoms with E-state index in [0.29, 0.717) is 6.42 Å². The van der Waals surface area contributed by atoms with E-state index in [-0.39, 0.29) is 11.4 Å². The molecular weight excluding hydrogens is 246 g/mol. The van der Waals surface area contributed by atoms with Crippen LogP contribution in [0.3, 0.4) is 0 Å². The molecule has 1 atom stereocenters. The van der Waals surface area contributed by atoms with E-state index < -0.39 is 16.3 Å². The van der Waals surface area contributed by atoms with E-state index in [1.807, 2.05) is 0 Å². The van der Waals surface area contributed by atoms with Gasteiger partial charge in [-0.15, -0.1) is 0 Å². The van der Waals surface area contributed by atoms with Gasteiger partial charge in [0.1, 0.15) is 0 Å². The van der Waals surface area contributed by atoms with Crippen LogP contribution < -0.4 is 4.74 Å². The van der Waals surface area contributed by atoms with E-state index in [2.05, 4.69) is 0 Å². The van der Waals surface area contributed by atoms with Gasteiger partial charge in [-0.2, -0.15) is 0 Å². The Bertz CT molecular complexity index is 447. The molecule has 1 rings (SSSR count). The molecule has 1 aromatic carbocycles.